The van der Waals surface area contributed by atoms with Crippen LogP contribution >= 0.6 is 0 Å². The molecule has 1 aromatic heterocycles. The van der Waals surface area contributed by atoms with Crippen molar-refractivity contribution in [3.8, 4) is 11.4 Å². The summed E-state index contributed by atoms with van der Waals surface area (Å²) in [6, 6.07) is 5.93. The number of aromatic nitrogens is 2. The van der Waals surface area contributed by atoms with E-state index in [0.717, 1.165) is 0 Å². The van der Waals surface area contributed by atoms with Crippen LogP contribution in [0.15, 0.2) is 36.5 Å². The fraction of sp³-hybridized carbons (Fsp3) is 0.464. The average molecular weight is 615 g/mol. The van der Waals surface area contributed by atoms with Crippen LogP contribution in [0, 0.1) is 0 Å². The number of hydrogen-bond donors (Lipinski definition) is 4. The van der Waals surface area contributed by atoms with Gasteiger partial charge in [0, 0.05) is 51.4 Å². The monoisotopic (exact) mass is 614 g/mol. The van der Waals surface area contributed by atoms with Gasteiger partial charge in [0.15, 0.2) is 11.8 Å². The second-order valence-corrected chi connectivity index (χ2v) is 10.5. The van der Waals surface area contributed by atoms with E-state index in [1.807, 2.05) is 0 Å². The molecule has 44 heavy (non-hydrogen) atoms. The second kappa shape index (κ2) is 13.9. The van der Waals surface area contributed by atoms with Crippen LogP contribution in [0.4, 0.5) is 4.79 Å². The Morgan fingerprint density at radius 3 is 2.34 bits per heavy atom. The van der Waals surface area contributed by atoms with Crippen molar-refractivity contribution in [3.05, 3.63) is 42.2 Å². The van der Waals surface area contributed by atoms with E-state index in [9.17, 15) is 33.9 Å². The molecule has 2 fully saturated rings. The Morgan fingerprint density at radius 2 is 1.68 bits per heavy atom. The molecule has 16 nitrogen and oxygen atoms in total. The molecular weight excluding hydrogens is 580 g/mol. The Morgan fingerprint density at radius 1 is 0.977 bits per heavy atom. The molecule has 3 heterocycles. The third kappa shape index (κ3) is 7.62. The summed E-state index contributed by atoms with van der Waals surface area (Å²) in [7, 11) is 0. The predicted molar refractivity (Wildman–Crippen MR) is 150 cm³/mol. The van der Waals surface area contributed by atoms with Gasteiger partial charge in [-0.1, -0.05) is 6.07 Å². The minimum atomic E-state index is -1.16. The predicted octanol–water partition coefficient (Wildman–Crippen LogP) is 0.501. The van der Waals surface area contributed by atoms with Gasteiger partial charge in [0.2, 0.25) is 5.91 Å². The molecule has 2 saturated heterocycles. The Kier molecular flexibility index (Phi) is 10.0. The van der Waals surface area contributed by atoms with Crippen molar-refractivity contribution in [2.75, 3.05) is 32.7 Å². The van der Waals surface area contributed by atoms with Crippen LogP contribution in [0.2, 0.25) is 0 Å². The summed E-state index contributed by atoms with van der Waals surface area (Å²) in [6.45, 7) is 2.30. The third-order valence-electron chi connectivity index (χ3n) is 7.50. The van der Waals surface area contributed by atoms with Crippen molar-refractivity contribution in [3.63, 3.8) is 0 Å². The highest BCUT2D eigenvalue weighted by Gasteiger charge is 2.36. The summed E-state index contributed by atoms with van der Waals surface area (Å²) < 4.78 is 7.19. The van der Waals surface area contributed by atoms with Gasteiger partial charge in [-0.2, -0.15) is 5.10 Å². The Labute approximate surface area is 251 Å². The van der Waals surface area contributed by atoms with E-state index in [1.165, 1.54) is 38.6 Å². The Hall–Kier alpha value is -5.15. The van der Waals surface area contributed by atoms with E-state index in [0.29, 0.717) is 30.8 Å². The van der Waals surface area contributed by atoms with Gasteiger partial charge in [-0.25, -0.2) is 14.3 Å². The van der Waals surface area contributed by atoms with Crippen molar-refractivity contribution >= 4 is 35.8 Å². The molecule has 0 saturated carbocycles. The van der Waals surface area contributed by atoms with Gasteiger partial charge in [0.25, 0.3) is 11.8 Å². The lowest BCUT2D eigenvalue weighted by atomic mass is 10.1. The van der Waals surface area contributed by atoms with Crippen LogP contribution in [0.25, 0.3) is 5.69 Å². The maximum absolute atomic E-state index is 13.1. The van der Waals surface area contributed by atoms with Gasteiger partial charge in [-0.05, 0) is 44.4 Å². The number of carbonyl (C=O) groups is 6. The number of ether oxygens (including phenoxy) is 1. The minimum absolute atomic E-state index is 0.0440. The number of likely N-dealkylation sites (tertiary alicyclic amines) is 1. The maximum atomic E-state index is 13.1. The molecular formula is C28H34N6O10. The first-order valence-electron chi connectivity index (χ1n) is 14.1. The van der Waals surface area contributed by atoms with E-state index in [1.54, 1.807) is 24.3 Å². The third-order valence-corrected chi connectivity index (χ3v) is 7.50. The molecule has 2 aliphatic heterocycles. The quantitative estimate of drug-likeness (QED) is 0.274. The molecule has 1 unspecified atom stereocenters. The zero-order valence-electron chi connectivity index (χ0n) is 24.0. The topological polar surface area (TPSA) is 212 Å². The molecule has 2 aliphatic rings. The molecule has 4 N–H and O–H groups in total. The van der Waals surface area contributed by atoms with Crippen molar-refractivity contribution in [2.45, 2.75) is 50.8 Å². The summed E-state index contributed by atoms with van der Waals surface area (Å²) in [4.78, 5) is 76.8. The molecule has 3 atom stereocenters. The number of piperazine rings is 1. The van der Waals surface area contributed by atoms with Crippen LogP contribution in [-0.2, 0) is 19.2 Å². The van der Waals surface area contributed by atoms with E-state index in [-0.39, 0.29) is 44.7 Å². The van der Waals surface area contributed by atoms with Crippen molar-refractivity contribution in [2.24, 2.45) is 0 Å². The number of aliphatic carboxylic acids is 2. The molecule has 0 bridgehead atoms. The Balaban J connectivity index is 1.41. The minimum Gasteiger partial charge on any atom is -0.481 e. The number of nitrogens with zero attached hydrogens (tertiary/aromatic N) is 5. The van der Waals surface area contributed by atoms with Gasteiger partial charge in [-0.3, -0.25) is 19.2 Å². The number of amides is 4. The summed E-state index contributed by atoms with van der Waals surface area (Å²) >= 11 is 0. The first kappa shape index (κ1) is 31.8. The van der Waals surface area contributed by atoms with E-state index in [4.69, 9.17) is 14.9 Å². The van der Waals surface area contributed by atoms with Gasteiger partial charge in [0.05, 0.1) is 5.69 Å². The van der Waals surface area contributed by atoms with Crippen LogP contribution < -0.4 is 10.1 Å². The van der Waals surface area contributed by atoms with Crippen LogP contribution in [-0.4, -0.2) is 126 Å². The molecule has 0 spiro atoms. The number of nitrogens with one attached hydrogen (secondary N) is 1. The molecule has 16 heteroatoms. The first-order valence-corrected chi connectivity index (χ1v) is 14.1. The molecule has 1 aromatic carbocycles. The highest BCUT2D eigenvalue weighted by Crippen LogP contribution is 2.22. The average Bonchev–Trinajstić information content (AvgIpc) is 3.69. The summed E-state index contributed by atoms with van der Waals surface area (Å²) in [5.74, 6) is -3.53. The lowest BCUT2D eigenvalue weighted by molar-refractivity contribution is -0.150. The van der Waals surface area contributed by atoms with Crippen LogP contribution in [0.3, 0.4) is 0 Å². The molecule has 4 rings (SSSR count). The summed E-state index contributed by atoms with van der Waals surface area (Å²) in [5, 5.41) is 34.5. The fourth-order valence-electron chi connectivity index (χ4n) is 5.16. The number of hydrogen-bond acceptors (Lipinski definition) is 8. The molecule has 0 aliphatic carbocycles. The number of carboxylic acids is 2. The Bertz CT molecular complexity index is 1420. The zero-order valence-corrected chi connectivity index (χ0v) is 24.0. The number of rotatable bonds is 11. The molecule has 0 radical (unpaired) electrons. The van der Waals surface area contributed by atoms with E-state index >= 15 is 0 Å². The number of carbonyl (C=O) groups excluding carboxylic acids is 3. The van der Waals surface area contributed by atoms with Crippen molar-refractivity contribution in [1.29, 1.82) is 0 Å². The summed E-state index contributed by atoms with van der Waals surface area (Å²) in [6.07, 6.45) is -0.0990. The molecule has 236 valence electrons. The van der Waals surface area contributed by atoms with E-state index < -0.39 is 53.9 Å². The van der Waals surface area contributed by atoms with Gasteiger partial charge in [0.1, 0.15) is 17.8 Å². The SMILES string of the molecule is CC(Oc1cccc(-n2ccc(C(=O)N[C@@H](CCC(=O)O)C(=O)N3CCN(C(=O)O)CC3)n2)c1)C(=O)N1CCC[C@H]1C(=O)O. The van der Waals surface area contributed by atoms with Crippen molar-refractivity contribution < 1.29 is 48.8 Å². The normalized spacial score (nSPS) is 17.9. The summed E-state index contributed by atoms with van der Waals surface area (Å²) in [5.41, 5.74) is 0.443. The van der Waals surface area contributed by atoms with Gasteiger partial charge < -0.3 is 40.1 Å². The molecule has 2 aromatic rings. The highest BCUT2D eigenvalue weighted by atomic mass is 16.5. The van der Waals surface area contributed by atoms with Gasteiger partial charge in [-0.15, -0.1) is 0 Å². The maximum Gasteiger partial charge on any atom is 0.407 e. The number of benzene rings is 1. The highest BCUT2D eigenvalue weighted by molar-refractivity contribution is 5.96. The zero-order chi connectivity index (χ0) is 32.0. The smallest absolute Gasteiger partial charge is 0.407 e. The standard InChI is InChI=1S/C28H34N6O10/c1-17(25(38)33-10-3-6-22(33)27(40)41)44-19-5-2-4-18(16-19)34-11-9-20(30-34)24(37)29-21(7-8-23(35)36)26(39)31-12-14-32(15-13-31)28(42)43/h2,4-5,9,11,16-17,21-22H,3,6-8,10,12-15H2,1H3,(H,29,37)(H,35,36)(H,40,41)(H,42,43)/t17?,21-,22-/m0/s1. The second-order valence-electron chi connectivity index (χ2n) is 10.5. The van der Waals surface area contributed by atoms with Gasteiger partial charge >= 0.3 is 18.0 Å². The van der Waals surface area contributed by atoms with E-state index in [2.05, 4.69) is 10.4 Å². The van der Waals surface area contributed by atoms with Crippen LogP contribution in [0.5, 0.6) is 5.75 Å². The lowest BCUT2D eigenvalue weighted by Gasteiger charge is -2.35. The molecule has 4 amide bonds. The first-order chi connectivity index (χ1) is 20.9. The fourth-order valence-corrected chi connectivity index (χ4v) is 5.16. The lowest BCUT2D eigenvalue weighted by Crippen LogP contribution is -2.55. The van der Waals surface area contributed by atoms with Crippen LogP contribution in [0.1, 0.15) is 43.1 Å². The number of carboxylic acid groups (broad SMARTS) is 3. The largest absolute Gasteiger partial charge is 0.481 e. The van der Waals surface area contributed by atoms with Crippen molar-refractivity contribution in [1.82, 2.24) is 29.8 Å².